The predicted octanol–water partition coefficient (Wildman–Crippen LogP) is 1.17. The highest BCUT2D eigenvalue weighted by molar-refractivity contribution is 6.01. The number of imide groups is 1. The Hall–Kier alpha value is -1.84. The monoisotopic (exact) mass is 205 g/mol. The molecule has 78 valence electrons. The Kier molecular flexibility index (Phi) is 2.67. The van der Waals surface area contributed by atoms with E-state index in [4.69, 9.17) is 4.74 Å². The van der Waals surface area contributed by atoms with Gasteiger partial charge in [0.2, 0.25) is 11.8 Å². The smallest absolute Gasteiger partial charge is 0.232 e. The number of hydrogen-bond donors (Lipinski definition) is 0. The van der Waals surface area contributed by atoms with Crippen molar-refractivity contribution in [3.05, 3.63) is 30.3 Å². The molecule has 1 aliphatic heterocycles. The van der Waals surface area contributed by atoms with E-state index in [9.17, 15) is 9.59 Å². The summed E-state index contributed by atoms with van der Waals surface area (Å²) in [5.41, 5.74) is 0. The second-order valence-corrected chi connectivity index (χ2v) is 3.30. The lowest BCUT2D eigenvalue weighted by Crippen LogP contribution is -2.32. The van der Waals surface area contributed by atoms with Gasteiger partial charge in [-0.05, 0) is 12.1 Å². The molecule has 1 heterocycles. The molecular weight excluding hydrogens is 194 g/mol. The molecule has 15 heavy (non-hydrogen) atoms. The molecule has 0 unspecified atom stereocenters. The van der Waals surface area contributed by atoms with Crippen LogP contribution in [-0.4, -0.2) is 23.4 Å². The molecule has 1 aliphatic rings. The van der Waals surface area contributed by atoms with E-state index in [0.29, 0.717) is 18.6 Å². The highest BCUT2D eigenvalue weighted by atomic mass is 16.5. The molecular formula is C11H11NO3. The number of hydrogen-bond acceptors (Lipinski definition) is 3. The third-order valence-electron chi connectivity index (χ3n) is 2.26. The van der Waals surface area contributed by atoms with E-state index in [0.717, 1.165) is 4.90 Å². The summed E-state index contributed by atoms with van der Waals surface area (Å²) in [4.78, 5) is 23.6. The molecule has 2 rings (SSSR count). The van der Waals surface area contributed by atoms with Gasteiger partial charge in [0.05, 0.1) is 0 Å². The van der Waals surface area contributed by atoms with Gasteiger partial charge in [-0.25, -0.2) is 4.90 Å². The van der Waals surface area contributed by atoms with Gasteiger partial charge in [-0.15, -0.1) is 0 Å². The van der Waals surface area contributed by atoms with E-state index >= 15 is 0 Å². The van der Waals surface area contributed by atoms with Crippen LogP contribution in [0.15, 0.2) is 30.3 Å². The van der Waals surface area contributed by atoms with Crippen molar-refractivity contribution < 1.29 is 14.3 Å². The van der Waals surface area contributed by atoms with Crippen LogP contribution in [0.3, 0.4) is 0 Å². The van der Waals surface area contributed by atoms with Gasteiger partial charge in [-0.3, -0.25) is 9.59 Å². The summed E-state index contributed by atoms with van der Waals surface area (Å²) >= 11 is 0. The number of nitrogens with zero attached hydrogens (tertiary/aromatic N) is 1. The van der Waals surface area contributed by atoms with Gasteiger partial charge in [0.25, 0.3) is 0 Å². The summed E-state index contributed by atoms with van der Waals surface area (Å²) in [7, 11) is 0. The number of carbonyl (C=O) groups is 2. The molecule has 1 aromatic rings. The highest BCUT2D eigenvalue weighted by Gasteiger charge is 2.28. The van der Waals surface area contributed by atoms with Gasteiger partial charge in [0.15, 0.2) is 6.73 Å². The number of likely N-dealkylation sites (tertiary alicyclic amines) is 1. The van der Waals surface area contributed by atoms with Crippen LogP contribution in [0.25, 0.3) is 0 Å². The first-order valence-electron chi connectivity index (χ1n) is 4.78. The topological polar surface area (TPSA) is 46.6 Å². The molecule has 0 bridgehead atoms. The third-order valence-corrected chi connectivity index (χ3v) is 2.26. The number of para-hydroxylation sites is 1. The zero-order valence-electron chi connectivity index (χ0n) is 8.18. The molecule has 0 atom stereocenters. The lowest BCUT2D eigenvalue weighted by Gasteiger charge is -2.14. The molecule has 4 nitrogen and oxygen atoms in total. The molecule has 4 heteroatoms. The molecule has 0 radical (unpaired) electrons. The zero-order chi connectivity index (χ0) is 10.7. The number of ether oxygens (including phenoxy) is 1. The molecule has 0 N–H and O–H groups in total. The fraction of sp³-hybridized carbons (Fsp3) is 0.273. The summed E-state index contributed by atoms with van der Waals surface area (Å²) in [5, 5.41) is 0. The second kappa shape index (κ2) is 4.13. The first kappa shape index (κ1) is 9.71. The fourth-order valence-corrected chi connectivity index (χ4v) is 1.42. The fourth-order valence-electron chi connectivity index (χ4n) is 1.42. The van der Waals surface area contributed by atoms with Gasteiger partial charge in [0, 0.05) is 12.8 Å². The first-order chi connectivity index (χ1) is 7.27. The average molecular weight is 205 g/mol. The lowest BCUT2D eigenvalue weighted by molar-refractivity contribution is -0.141. The SMILES string of the molecule is O=C1CCC(=O)N1COc1ccccc1. The van der Waals surface area contributed by atoms with Gasteiger partial charge < -0.3 is 4.74 Å². The molecule has 0 saturated carbocycles. The average Bonchev–Trinajstić information content (AvgIpc) is 2.58. The Morgan fingerprint density at radius 1 is 1.07 bits per heavy atom. The zero-order valence-corrected chi connectivity index (χ0v) is 8.18. The molecule has 0 aliphatic carbocycles. The predicted molar refractivity (Wildman–Crippen MR) is 53.0 cm³/mol. The summed E-state index contributed by atoms with van der Waals surface area (Å²) in [6, 6.07) is 9.11. The van der Waals surface area contributed by atoms with Crippen molar-refractivity contribution in [2.45, 2.75) is 12.8 Å². The molecule has 1 fully saturated rings. The number of rotatable bonds is 3. The Bertz CT molecular complexity index is 359. The number of amides is 2. The van der Waals surface area contributed by atoms with E-state index in [-0.39, 0.29) is 18.5 Å². The number of carbonyl (C=O) groups excluding carboxylic acids is 2. The Morgan fingerprint density at radius 2 is 1.67 bits per heavy atom. The summed E-state index contributed by atoms with van der Waals surface area (Å²) in [5.74, 6) is 0.344. The molecule has 1 aromatic carbocycles. The maximum absolute atomic E-state index is 11.2. The van der Waals surface area contributed by atoms with E-state index < -0.39 is 0 Å². The van der Waals surface area contributed by atoms with Crippen LogP contribution in [-0.2, 0) is 9.59 Å². The Morgan fingerprint density at radius 3 is 2.27 bits per heavy atom. The van der Waals surface area contributed by atoms with Crippen LogP contribution in [0.5, 0.6) is 5.75 Å². The normalized spacial score (nSPS) is 15.9. The van der Waals surface area contributed by atoms with Gasteiger partial charge >= 0.3 is 0 Å². The van der Waals surface area contributed by atoms with Crippen LogP contribution >= 0.6 is 0 Å². The van der Waals surface area contributed by atoms with Gasteiger partial charge in [0.1, 0.15) is 5.75 Å². The van der Waals surface area contributed by atoms with Crippen molar-refractivity contribution in [3.8, 4) is 5.75 Å². The van der Waals surface area contributed by atoms with Crippen molar-refractivity contribution >= 4 is 11.8 Å². The van der Waals surface area contributed by atoms with Crippen molar-refractivity contribution in [2.75, 3.05) is 6.73 Å². The van der Waals surface area contributed by atoms with Crippen molar-refractivity contribution in [2.24, 2.45) is 0 Å². The second-order valence-electron chi connectivity index (χ2n) is 3.30. The standard InChI is InChI=1S/C11H11NO3/c13-10-6-7-11(14)12(10)8-15-9-4-2-1-3-5-9/h1-5H,6-8H2. The van der Waals surface area contributed by atoms with Crippen LogP contribution in [0.2, 0.25) is 0 Å². The quantitative estimate of drug-likeness (QED) is 0.696. The minimum Gasteiger partial charge on any atom is -0.473 e. The maximum Gasteiger partial charge on any atom is 0.232 e. The van der Waals surface area contributed by atoms with E-state index in [1.54, 1.807) is 12.1 Å². The molecule has 1 saturated heterocycles. The van der Waals surface area contributed by atoms with Crippen LogP contribution in [0.1, 0.15) is 12.8 Å². The van der Waals surface area contributed by atoms with E-state index in [2.05, 4.69) is 0 Å². The van der Waals surface area contributed by atoms with Gasteiger partial charge in [-0.1, -0.05) is 18.2 Å². The van der Waals surface area contributed by atoms with Crippen LogP contribution in [0, 0.1) is 0 Å². The van der Waals surface area contributed by atoms with Crippen LogP contribution < -0.4 is 4.74 Å². The lowest BCUT2D eigenvalue weighted by atomic mass is 10.3. The van der Waals surface area contributed by atoms with Gasteiger partial charge in [-0.2, -0.15) is 0 Å². The summed E-state index contributed by atoms with van der Waals surface area (Å²) < 4.78 is 5.32. The maximum atomic E-state index is 11.2. The van der Waals surface area contributed by atoms with Crippen molar-refractivity contribution in [1.82, 2.24) is 4.90 Å². The Labute approximate surface area is 87.4 Å². The molecule has 0 spiro atoms. The van der Waals surface area contributed by atoms with Crippen molar-refractivity contribution in [3.63, 3.8) is 0 Å². The van der Waals surface area contributed by atoms with E-state index in [1.807, 2.05) is 18.2 Å². The minimum absolute atomic E-state index is 0.0156. The first-order valence-corrected chi connectivity index (χ1v) is 4.78. The minimum atomic E-state index is -0.157. The summed E-state index contributed by atoms with van der Waals surface area (Å²) in [6.45, 7) is 0.0156. The number of benzene rings is 1. The highest BCUT2D eigenvalue weighted by Crippen LogP contribution is 2.14. The Balaban J connectivity index is 1.93. The third kappa shape index (κ3) is 2.15. The summed E-state index contributed by atoms with van der Waals surface area (Å²) in [6.07, 6.45) is 0.605. The largest absolute Gasteiger partial charge is 0.473 e. The van der Waals surface area contributed by atoms with Crippen LogP contribution in [0.4, 0.5) is 0 Å². The van der Waals surface area contributed by atoms with Crippen molar-refractivity contribution in [1.29, 1.82) is 0 Å². The van der Waals surface area contributed by atoms with E-state index in [1.165, 1.54) is 0 Å². The molecule has 0 aromatic heterocycles. The molecule has 2 amide bonds.